The van der Waals surface area contributed by atoms with Gasteiger partial charge in [-0.25, -0.2) is 0 Å². The number of rotatable bonds is 2. The summed E-state index contributed by atoms with van der Waals surface area (Å²) in [6.07, 6.45) is 1.99. The number of anilines is 2. The van der Waals surface area contributed by atoms with Gasteiger partial charge in [0.05, 0.1) is 0 Å². The van der Waals surface area contributed by atoms with Crippen molar-refractivity contribution in [3.8, 4) is 0 Å². The molecule has 122 valence electrons. The Morgan fingerprint density at radius 1 is 1.09 bits per heavy atom. The van der Waals surface area contributed by atoms with Gasteiger partial charge in [-0.15, -0.1) is 12.4 Å². The van der Waals surface area contributed by atoms with Crippen molar-refractivity contribution in [3.05, 3.63) is 58.7 Å². The molecule has 23 heavy (non-hydrogen) atoms. The van der Waals surface area contributed by atoms with Gasteiger partial charge in [0.2, 0.25) is 0 Å². The molecule has 4 N–H and O–H groups in total. The third-order valence-electron chi connectivity index (χ3n) is 4.12. The second kappa shape index (κ2) is 7.49. The number of benzene rings is 2. The van der Waals surface area contributed by atoms with Crippen LogP contribution in [-0.4, -0.2) is 19.0 Å². The van der Waals surface area contributed by atoms with Crippen LogP contribution in [0.5, 0.6) is 0 Å². The monoisotopic (exact) mass is 331 g/mol. The van der Waals surface area contributed by atoms with Crippen LogP contribution in [0.4, 0.5) is 11.4 Å². The fourth-order valence-corrected chi connectivity index (χ4v) is 2.78. The first-order valence-electron chi connectivity index (χ1n) is 7.63. The number of hydrogen-bond acceptors (Lipinski definition) is 3. The Hall–Kier alpha value is -2.04. The summed E-state index contributed by atoms with van der Waals surface area (Å²) < 4.78 is 0. The van der Waals surface area contributed by atoms with Crippen LogP contribution >= 0.6 is 12.4 Å². The number of hydrogen-bond donors (Lipinski definition) is 3. The number of nitrogen functional groups attached to an aromatic ring is 1. The van der Waals surface area contributed by atoms with Crippen LogP contribution in [0.15, 0.2) is 36.4 Å². The van der Waals surface area contributed by atoms with E-state index in [4.69, 9.17) is 5.73 Å². The van der Waals surface area contributed by atoms with Crippen LogP contribution < -0.4 is 16.4 Å². The summed E-state index contributed by atoms with van der Waals surface area (Å²) in [6, 6.07) is 11.5. The lowest BCUT2D eigenvalue weighted by Gasteiger charge is -2.11. The molecule has 1 aliphatic heterocycles. The van der Waals surface area contributed by atoms with E-state index in [2.05, 4.69) is 16.7 Å². The predicted octanol–water partition coefficient (Wildman–Crippen LogP) is 2.94. The molecule has 0 saturated heterocycles. The van der Waals surface area contributed by atoms with E-state index in [-0.39, 0.29) is 18.3 Å². The maximum Gasteiger partial charge on any atom is 0.255 e. The first-order valence-corrected chi connectivity index (χ1v) is 7.63. The Labute approximate surface area is 142 Å². The molecule has 0 bridgehead atoms. The molecule has 0 radical (unpaired) electrons. The third kappa shape index (κ3) is 4.03. The zero-order valence-electron chi connectivity index (χ0n) is 13.2. The molecule has 0 unspecified atom stereocenters. The fourth-order valence-electron chi connectivity index (χ4n) is 2.78. The van der Waals surface area contributed by atoms with E-state index < -0.39 is 0 Å². The van der Waals surface area contributed by atoms with Gasteiger partial charge < -0.3 is 16.4 Å². The molecule has 4 nitrogen and oxygen atoms in total. The van der Waals surface area contributed by atoms with E-state index in [0.29, 0.717) is 11.3 Å². The molecule has 1 amide bonds. The average molecular weight is 332 g/mol. The van der Waals surface area contributed by atoms with Gasteiger partial charge in [0, 0.05) is 16.9 Å². The van der Waals surface area contributed by atoms with Gasteiger partial charge in [0.25, 0.3) is 5.91 Å². The molecule has 1 heterocycles. The smallest absolute Gasteiger partial charge is 0.255 e. The number of halogens is 1. The van der Waals surface area contributed by atoms with Crippen molar-refractivity contribution < 1.29 is 4.79 Å². The maximum atomic E-state index is 12.5. The highest BCUT2D eigenvalue weighted by Gasteiger charge is 2.12. The van der Waals surface area contributed by atoms with E-state index in [1.54, 1.807) is 6.07 Å². The predicted molar refractivity (Wildman–Crippen MR) is 97.5 cm³/mol. The van der Waals surface area contributed by atoms with Gasteiger partial charge in [0.15, 0.2) is 0 Å². The maximum absolute atomic E-state index is 12.5. The lowest BCUT2D eigenvalue weighted by Crippen LogP contribution is -2.16. The molecule has 5 heteroatoms. The summed E-state index contributed by atoms with van der Waals surface area (Å²) in [4.78, 5) is 12.5. The molecular weight excluding hydrogens is 310 g/mol. The Bertz CT molecular complexity index is 715. The highest BCUT2D eigenvalue weighted by atomic mass is 35.5. The molecule has 0 aliphatic carbocycles. The molecule has 0 spiro atoms. The van der Waals surface area contributed by atoms with Gasteiger partial charge in [-0.05, 0) is 73.8 Å². The van der Waals surface area contributed by atoms with Crippen molar-refractivity contribution >= 4 is 29.7 Å². The molecule has 2 aromatic carbocycles. The van der Waals surface area contributed by atoms with E-state index in [1.807, 2.05) is 31.2 Å². The van der Waals surface area contributed by atoms with Crippen LogP contribution in [0.25, 0.3) is 0 Å². The number of fused-ring (bicyclic) bond motifs is 1. The van der Waals surface area contributed by atoms with E-state index >= 15 is 0 Å². The number of carbonyl (C=O) groups is 1. The minimum atomic E-state index is -0.0892. The van der Waals surface area contributed by atoms with Gasteiger partial charge >= 0.3 is 0 Å². The number of nitrogens with two attached hydrogens (primary N) is 1. The van der Waals surface area contributed by atoms with E-state index in [0.717, 1.165) is 37.2 Å². The summed E-state index contributed by atoms with van der Waals surface area (Å²) >= 11 is 0. The number of carbonyl (C=O) groups excluding carboxylic acids is 1. The quantitative estimate of drug-likeness (QED) is 0.741. The Morgan fingerprint density at radius 3 is 2.61 bits per heavy atom. The standard InChI is InChI=1S/C18H21N3O.ClH/c1-12-2-5-16(19)11-17(12)21-18(22)15-4-3-13-6-8-20-9-7-14(13)10-15;/h2-5,10-11,20H,6-9,19H2,1H3,(H,21,22);1H. The summed E-state index contributed by atoms with van der Waals surface area (Å²) in [7, 11) is 0. The molecule has 1 aliphatic rings. The van der Waals surface area contributed by atoms with Crippen molar-refractivity contribution in [2.24, 2.45) is 0 Å². The van der Waals surface area contributed by atoms with Gasteiger partial charge in [-0.1, -0.05) is 12.1 Å². The van der Waals surface area contributed by atoms with Crippen molar-refractivity contribution in [2.75, 3.05) is 24.1 Å². The number of amides is 1. The Kier molecular flexibility index (Phi) is 5.64. The van der Waals surface area contributed by atoms with Gasteiger partial charge in [-0.3, -0.25) is 4.79 Å². The Morgan fingerprint density at radius 2 is 1.83 bits per heavy atom. The lowest BCUT2D eigenvalue weighted by molar-refractivity contribution is 0.102. The van der Waals surface area contributed by atoms with E-state index in [1.165, 1.54) is 11.1 Å². The molecule has 0 saturated carbocycles. The first kappa shape index (κ1) is 17.3. The van der Waals surface area contributed by atoms with Crippen molar-refractivity contribution in [1.29, 1.82) is 0 Å². The molecule has 0 fully saturated rings. The van der Waals surface area contributed by atoms with Gasteiger partial charge in [0.1, 0.15) is 0 Å². The van der Waals surface area contributed by atoms with E-state index in [9.17, 15) is 4.79 Å². The molecule has 0 aromatic heterocycles. The molecular formula is C18H22ClN3O. The van der Waals surface area contributed by atoms with Crippen molar-refractivity contribution in [3.63, 3.8) is 0 Å². The SMILES string of the molecule is Cc1ccc(N)cc1NC(=O)c1ccc2c(c1)CCNCC2.Cl. The number of aryl methyl sites for hydroxylation is 1. The zero-order chi connectivity index (χ0) is 15.5. The summed E-state index contributed by atoms with van der Waals surface area (Å²) in [6.45, 7) is 3.92. The van der Waals surface area contributed by atoms with Crippen molar-refractivity contribution in [2.45, 2.75) is 19.8 Å². The Balaban J connectivity index is 0.00000192. The van der Waals surface area contributed by atoms with Crippen molar-refractivity contribution in [1.82, 2.24) is 5.32 Å². The average Bonchev–Trinajstić information content (AvgIpc) is 2.75. The topological polar surface area (TPSA) is 67.1 Å². The number of nitrogens with one attached hydrogen (secondary N) is 2. The minimum Gasteiger partial charge on any atom is -0.399 e. The lowest BCUT2D eigenvalue weighted by atomic mass is 9.99. The second-order valence-corrected chi connectivity index (χ2v) is 5.76. The zero-order valence-corrected chi connectivity index (χ0v) is 14.0. The molecule has 2 aromatic rings. The third-order valence-corrected chi connectivity index (χ3v) is 4.12. The normalized spacial score (nSPS) is 13.4. The first-order chi connectivity index (χ1) is 10.6. The van der Waals surface area contributed by atoms with Crippen LogP contribution in [0.3, 0.4) is 0 Å². The van der Waals surface area contributed by atoms with Gasteiger partial charge in [-0.2, -0.15) is 0 Å². The second-order valence-electron chi connectivity index (χ2n) is 5.76. The summed E-state index contributed by atoms with van der Waals surface area (Å²) in [5.74, 6) is -0.0892. The summed E-state index contributed by atoms with van der Waals surface area (Å²) in [5.41, 5.74) is 11.5. The molecule has 0 atom stereocenters. The fraction of sp³-hybridized carbons (Fsp3) is 0.278. The minimum absolute atomic E-state index is 0. The van der Waals surface area contributed by atoms with Crippen LogP contribution in [0.1, 0.15) is 27.0 Å². The van der Waals surface area contributed by atoms with Crippen LogP contribution in [0, 0.1) is 6.92 Å². The highest BCUT2D eigenvalue weighted by molar-refractivity contribution is 6.05. The highest BCUT2D eigenvalue weighted by Crippen LogP contribution is 2.20. The summed E-state index contributed by atoms with van der Waals surface area (Å²) in [5, 5.41) is 6.34. The molecule has 3 rings (SSSR count). The van der Waals surface area contributed by atoms with Crippen LogP contribution in [-0.2, 0) is 12.8 Å². The van der Waals surface area contributed by atoms with Crippen LogP contribution in [0.2, 0.25) is 0 Å². The largest absolute Gasteiger partial charge is 0.399 e.